The Morgan fingerprint density at radius 1 is 1.00 bits per heavy atom. The minimum absolute atomic E-state index is 0.127. The molecule has 1 aromatic heterocycles. The number of ether oxygens (including phenoxy) is 5. The van der Waals surface area contributed by atoms with Gasteiger partial charge in [0, 0.05) is 28.5 Å². The SMILES string of the molecule is CCCc1c(OCCCOc2ccc(-c3cscn3)c(OC)c2CC2CC2)cccc1OCC(=O)OC. The summed E-state index contributed by atoms with van der Waals surface area (Å²) in [6.45, 7) is 3.00. The molecule has 1 aliphatic rings. The normalized spacial score (nSPS) is 12.7. The number of rotatable bonds is 15. The number of thiazole rings is 1. The predicted octanol–water partition coefficient (Wildman–Crippen LogP) is 6.12. The summed E-state index contributed by atoms with van der Waals surface area (Å²) in [5.74, 6) is 3.43. The predicted molar refractivity (Wildman–Crippen MR) is 144 cm³/mol. The monoisotopic (exact) mass is 525 g/mol. The first-order valence-corrected chi connectivity index (χ1v) is 13.7. The minimum atomic E-state index is -0.414. The minimum Gasteiger partial charge on any atom is -0.496 e. The van der Waals surface area contributed by atoms with Crippen LogP contribution in [-0.4, -0.2) is 45.0 Å². The van der Waals surface area contributed by atoms with Gasteiger partial charge in [0.25, 0.3) is 0 Å². The summed E-state index contributed by atoms with van der Waals surface area (Å²) < 4.78 is 28.6. The number of methoxy groups -OCH3 is 2. The molecule has 0 unspecified atom stereocenters. The molecular formula is C29H35NO6S. The van der Waals surface area contributed by atoms with E-state index in [4.69, 9.17) is 18.9 Å². The molecular weight excluding hydrogens is 490 g/mol. The summed E-state index contributed by atoms with van der Waals surface area (Å²) in [6.07, 6.45) is 5.89. The van der Waals surface area contributed by atoms with Crippen molar-refractivity contribution in [1.29, 1.82) is 0 Å². The van der Waals surface area contributed by atoms with Crippen LogP contribution in [0.1, 0.15) is 43.7 Å². The van der Waals surface area contributed by atoms with Crippen molar-refractivity contribution in [2.45, 2.75) is 45.4 Å². The summed E-state index contributed by atoms with van der Waals surface area (Å²) >= 11 is 1.58. The molecule has 1 saturated carbocycles. The zero-order chi connectivity index (χ0) is 26.0. The van der Waals surface area contributed by atoms with Crippen molar-refractivity contribution in [2.24, 2.45) is 5.92 Å². The van der Waals surface area contributed by atoms with Crippen LogP contribution in [0.25, 0.3) is 11.3 Å². The van der Waals surface area contributed by atoms with Gasteiger partial charge in [0.1, 0.15) is 23.0 Å². The van der Waals surface area contributed by atoms with E-state index in [-0.39, 0.29) is 6.61 Å². The second kappa shape index (κ2) is 13.3. The molecule has 0 atom stereocenters. The third kappa shape index (κ3) is 7.16. The first-order chi connectivity index (χ1) is 18.1. The van der Waals surface area contributed by atoms with Gasteiger partial charge in [-0.05, 0) is 55.9 Å². The van der Waals surface area contributed by atoms with E-state index in [1.807, 2.05) is 41.2 Å². The van der Waals surface area contributed by atoms with Crippen molar-refractivity contribution < 1.29 is 28.5 Å². The zero-order valence-electron chi connectivity index (χ0n) is 21.8. The fraction of sp³-hybridized carbons (Fsp3) is 0.448. The number of carbonyl (C=O) groups is 1. The Balaban J connectivity index is 1.38. The average molecular weight is 526 g/mol. The smallest absolute Gasteiger partial charge is 0.343 e. The molecule has 3 aromatic rings. The van der Waals surface area contributed by atoms with Gasteiger partial charge in [0.15, 0.2) is 6.61 Å². The largest absolute Gasteiger partial charge is 0.496 e. The van der Waals surface area contributed by atoms with Crippen LogP contribution < -0.4 is 18.9 Å². The highest BCUT2D eigenvalue weighted by atomic mass is 32.1. The first kappa shape index (κ1) is 26.8. The summed E-state index contributed by atoms with van der Waals surface area (Å²) in [5.41, 5.74) is 5.86. The molecule has 0 N–H and O–H groups in total. The quantitative estimate of drug-likeness (QED) is 0.175. The molecule has 1 fully saturated rings. The number of benzene rings is 2. The van der Waals surface area contributed by atoms with Crippen LogP contribution in [0.2, 0.25) is 0 Å². The van der Waals surface area contributed by atoms with Crippen LogP contribution in [0, 0.1) is 5.92 Å². The highest BCUT2D eigenvalue weighted by molar-refractivity contribution is 7.07. The summed E-state index contributed by atoms with van der Waals surface area (Å²) in [4.78, 5) is 16.0. The van der Waals surface area contributed by atoms with Gasteiger partial charge in [-0.3, -0.25) is 0 Å². The lowest BCUT2D eigenvalue weighted by molar-refractivity contribution is -0.142. The van der Waals surface area contributed by atoms with Gasteiger partial charge in [-0.25, -0.2) is 9.78 Å². The van der Waals surface area contributed by atoms with E-state index in [9.17, 15) is 4.79 Å². The number of carbonyl (C=O) groups excluding carboxylic acids is 1. The molecule has 0 bridgehead atoms. The Bertz CT molecular complexity index is 1160. The average Bonchev–Trinajstić information content (AvgIpc) is 3.57. The molecule has 7 nitrogen and oxygen atoms in total. The zero-order valence-corrected chi connectivity index (χ0v) is 22.6. The summed E-state index contributed by atoms with van der Waals surface area (Å²) in [7, 11) is 3.07. The van der Waals surface area contributed by atoms with Gasteiger partial charge in [-0.2, -0.15) is 0 Å². The molecule has 0 saturated heterocycles. The lowest BCUT2D eigenvalue weighted by atomic mass is 10.0. The number of hydrogen-bond acceptors (Lipinski definition) is 8. The van der Waals surface area contributed by atoms with Gasteiger partial charge >= 0.3 is 5.97 Å². The van der Waals surface area contributed by atoms with E-state index in [2.05, 4.69) is 16.6 Å². The van der Waals surface area contributed by atoms with Crippen molar-refractivity contribution >= 4 is 17.3 Å². The molecule has 0 amide bonds. The maximum Gasteiger partial charge on any atom is 0.343 e. The molecule has 198 valence electrons. The number of nitrogens with zero attached hydrogens (tertiary/aromatic N) is 1. The molecule has 4 rings (SSSR count). The van der Waals surface area contributed by atoms with Crippen molar-refractivity contribution in [3.05, 3.63) is 52.3 Å². The van der Waals surface area contributed by atoms with Crippen LogP contribution in [0.3, 0.4) is 0 Å². The Hall–Kier alpha value is -3.26. The number of hydrogen-bond donors (Lipinski definition) is 0. The second-order valence-corrected chi connectivity index (χ2v) is 9.76. The molecule has 2 aromatic carbocycles. The van der Waals surface area contributed by atoms with Crippen LogP contribution in [0.5, 0.6) is 23.0 Å². The lowest BCUT2D eigenvalue weighted by Gasteiger charge is -2.18. The molecule has 0 radical (unpaired) electrons. The van der Waals surface area contributed by atoms with E-state index in [1.165, 1.54) is 20.0 Å². The Morgan fingerprint density at radius 2 is 1.73 bits per heavy atom. The van der Waals surface area contributed by atoms with E-state index in [0.717, 1.165) is 65.3 Å². The molecule has 1 aliphatic carbocycles. The summed E-state index contributed by atoms with van der Waals surface area (Å²) in [6, 6.07) is 9.74. The number of esters is 1. The first-order valence-electron chi connectivity index (χ1n) is 12.8. The maximum atomic E-state index is 11.5. The van der Waals surface area contributed by atoms with E-state index < -0.39 is 5.97 Å². The van der Waals surface area contributed by atoms with Gasteiger partial charge in [-0.1, -0.05) is 19.4 Å². The van der Waals surface area contributed by atoms with Crippen molar-refractivity contribution in [3.8, 4) is 34.3 Å². The van der Waals surface area contributed by atoms with E-state index in [0.29, 0.717) is 24.9 Å². The van der Waals surface area contributed by atoms with Crippen LogP contribution in [0.15, 0.2) is 41.2 Å². The highest BCUT2D eigenvalue weighted by Crippen LogP contribution is 2.43. The highest BCUT2D eigenvalue weighted by Gasteiger charge is 2.27. The van der Waals surface area contributed by atoms with Gasteiger partial charge in [0.2, 0.25) is 0 Å². The van der Waals surface area contributed by atoms with Gasteiger partial charge in [0.05, 0.1) is 38.6 Å². The van der Waals surface area contributed by atoms with E-state index >= 15 is 0 Å². The molecule has 0 aliphatic heterocycles. The second-order valence-electron chi connectivity index (χ2n) is 9.04. The third-order valence-corrected chi connectivity index (χ3v) is 6.87. The molecule has 1 heterocycles. The van der Waals surface area contributed by atoms with Crippen LogP contribution >= 0.6 is 11.3 Å². The fourth-order valence-corrected chi connectivity index (χ4v) is 4.81. The Kier molecular flexibility index (Phi) is 9.65. The van der Waals surface area contributed by atoms with Crippen molar-refractivity contribution in [2.75, 3.05) is 34.0 Å². The number of aromatic nitrogens is 1. The van der Waals surface area contributed by atoms with Crippen molar-refractivity contribution in [1.82, 2.24) is 4.98 Å². The third-order valence-electron chi connectivity index (χ3n) is 6.29. The van der Waals surface area contributed by atoms with Crippen molar-refractivity contribution in [3.63, 3.8) is 0 Å². The van der Waals surface area contributed by atoms with E-state index in [1.54, 1.807) is 18.4 Å². The molecule has 37 heavy (non-hydrogen) atoms. The maximum absolute atomic E-state index is 11.5. The molecule has 8 heteroatoms. The van der Waals surface area contributed by atoms with Gasteiger partial charge in [-0.15, -0.1) is 11.3 Å². The lowest BCUT2D eigenvalue weighted by Crippen LogP contribution is -2.14. The topological polar surface area (TPSA) is 76.1 Å². The summed E-state index contributed by atoms with van der Waals surface area (Å²) in [5, 5.41) is 2.04. The van der Waals surface area contributed by atoms with Crippen LogP contribution in [0.4, 0.5) is 0 Å². The molecule has 0 spiro atoms. The fourth-order valence-electron chi connectivity index (χ4n) is 4.26. The van der Waals surface area contributed by atoms with Crippen LogP contribution in [-0.2, 0) is 22.4 Å². The van der Waals surface area contributed by atoms with Gasteiger partial charge < -0.3 is 23.7 Å². The Morgan fingerprint density at radius 3 is 2.35 bits per heavy atom. The Labute approximate surface area is 222 Å². The standard InChI is InChI=1S/C29H35NO6S/c1-4-7-22-25(8-5-9-26(22)36-17-28(31)32-2)34-14-6-15-35-27-13-12-21(24-18-37-19-30-24)29(33-3)23(27)16-20-10-11-20/h5,8-9,12-13,18-20H,4,6-7,10-11,14-17H2,1-3H3.